The van der Waals surface area contributed by atoms with Gasteiger partial charge < -0.3 is 20.2 Å². The summed E-state index contributed by atoms with van der Waals surface area (Å²) in [5.74, 6) is -0.491. The van der Waals surface area contributed by atoms with E-state index in [-0.39, 0.29) is 33.2 Å². The first-order chi connectivity index (χ1) is 19.8. The fourth-order valence-corrected chi connectivity index (χ4v) is 5.57. The van der Waals surface area contributed by atoms with Gasteiger partial charge in [-0.25, -0.2) is 13.8 Å². The summed E-state index contributed by atoms with van der Waals surface area (Å²) in [6, 6.07) is 12.1. The smallest absolute Gasteiger partial charge is 0.291 e. The number of carbonyl (C=O) groups is 2. The minimum atomic E-state index is -2.86. The summed E-state index contributed by atoms with van der Waals surface area (Å²) in [6.07, 6.45) is -1.19. The molecule has 42 heavy (non-hydrogen) atoms. The number of ether oxygens (including phenoxy) is 1. The van der Waals surface area contributed by atoms with Crippen molar-refractivity contribution in [1.29, 1.82) is 0 Å². The summed E-state index contributed by atoms with van der Waals surface area (Å²) in [5.41, 5.74) is 7.86. The number of furan rings is 1. The number of primary amides is 1. The Hall–Kier alpha value is -4.58. The molecule has 12 heteroatoms. The molecule has 0 aliphatic heterocycles. The first-order valence-electron chi connectivity index (χ1n) is 13.0. The van der Waals surface area contributed by atoms with E-state index in [0.29, 0.717) is 33.7 Å². The Morgan fingerprint density at radius 2 is 1.86 bits per heavy atom. The lowest BCUT2D eigenvalue weighted by Crippen LogP contribution is -2.16. The number of hydrogen-bond acceptors (Lipinski definition) is 7. The molecule has 0 fully saturated rings. The van der Waals surface area contributed by atoms with Crippen LogP contribution in [0.3, 0.4) is 0 Å². The molecule has 2 amide bonds. The number of benzene rings is 1. The second-order valence-corrected chi connectivity index (χ2v) is 11.8. The zero-order chi connectivity index (χ0) is 30.3. The van der Waals surface area contributed by atoms with Crippen LogP contribution in [0, 0.1) is 6.92 Å². The first kappa shape index (κ1) is 28.9. The number of carbonyl (C=O) groups excluding carboxylic acids is 2. The van der Waals surface area contributed by atoms with Crippen LogP contribution in [0.1, 0.15) is 70.1 Å². The molecule has 0 saturated heterocycles. The van der Waals surface area contributed by atoms with Crippen molar-refractivity contribution in [3.63, 3.8) is 0 Å². The minimum absolute atomic E-state index is 0.0167. The Balaban J connectivity index is 1.45. The van der Waals surface area contributed by atoms with E-state index >= 15 is 0 Å². The molecule has 0 radical (unpaired) electrons. The van der Waals surface area contributed by atoms with E-state index in [1.807, 2.05) is 24.3 Å². The molecule has 5 rings (SSSR count). The molecule has 0 bridgehead atoms. The zero-order valence-electron chi connectivity index (χ0n) is 23.6. The van der Waals surface area contributed by atoms with Crippen LogP contribution < -0.4 is 15.8 Å². The number of nitrogens with zero attached hydrogens (tertiary/aromatic N) is 3. The van der Waals surface area contributed by atoms with Crippen molar-refractivity contribution in [2.45, 2.75) is 46.1 Å². The summed E-state index contributed by atoms with van der Waals surface area (Å²) < 4.78 is 40.6. The van der Waals surface area contributed by atoms with E-state index in [2.05, 4.69) is 36.2 Å². The van der Waals surface area contributed by atoms with Gasteiger partial charge in [0.05, 0.1) is 11.4 Å². The number of nitrogens with one attached hydrogen (secondary N) is 1. The summed E-state index contributed by atoms with van der Waals surface area (Å²) >= 11 is 0.824. The summed E-state index contributed by atoms with van der Waals surface area (Å²) in [5, 5.41) is 7.32. The number of nitrogens with two attached hydrogens (primary N) is 1. The van der Waals surface area contributed by atoms with Crippen LogP contribution in [-0.2, 0) is 19.1 Å². The van der Waals surface area contributed by atoms with Gasteiger partial charge in [-0.1, -0.05) is 32.9 Å². The topological polar surface area (TPSA) is 125 Å². The highest BCUT2D eigenvalue weighted by Gasteiger charge is 2.27. The van der Waals surface area contributed by atoms with Gasteiger partial charge in [0.15, 0.2) is 5.76 Å². The van der Waals surface area contributed by atoms with E-state index in [4.69, 9.17) is 14.9 Å². The zero-order valence-corrected chi connectivity index (χ0v) is 24.4. The lowest BCUT2D eigenvalue weighted by atomic mass is 9.87. The van der Waals surface area contributed by atoms with Crippen molar-refractivity contribution < 1.29 is 27.5 Å². The van der Waals surface area contributed by atoms with Crippen LogP contribution in [0.15, 0.2) is 53.1 Å². The molecule has 4 heterocycles. The number of amides is 2. The third-order valence-electron chi connectivity index (χ3n) is 6.66. The Kier molecular flexibility index (Phi) is 7.58. The number of anilines is 1. The molecular formula is C30H29F2N5O4S. The van der Waals surface area contributed by atoms with Crippen molar-refractivity contribution in [2.75, 3.05) is 5.32 Å². The largest absolute Gasteiger partial charge is 0.486 e. The van der Waals surface area contributed by atoms with Crippen LogP contribution in [0.2, 0.25) is 0 Å². The molecule has 5 aromatic rings. The number of pyridine rings is 1. The van der Waals surface area contributed by atoms with Crippen molar-refractivity contribution in [3.05, 3.63) is 82.0 Å². The number of aromatic nitrogens is 3. The van der Waals surface area contributed by atoms with Crippen molar-refractivity contribution in [2.24, 2.45) is 12.8 Å². The molecule has 0 saturated carbocycles. The van der Waals surface area contributed by atoms with Gasteiger partial charge in [0.1, 0.15) is 33.5 Å². The number of hydrogen-bond donors (Lipinski definition) is 2. The predicted octanol–water partition coefficient (Wildman–Crippen LogP) is 6.76. The third-order valence-corrected chi connectivity index (χ3v) is 7.76. The summed E-state index contributed by atoms with van der Waals surface area (Å²) in [6.45, 7) is 8.19. The van der Waals surface area contributed by atoms with Crippen LogP contribution in [-0.4, -0.2) is 26.6 Å². The van der Waals surface area contributed by atoms with Gasteiger partial charge in [-0.05, 0) is 53.8 Å². The predicted molar refractivity (Wildman–Crippen MR) is 156 cm³/mol. The number of rotatable bonds is 8. The Bertz CT molecular complexity index is 1800. The van der Waals surface area contributed by atoms with Gasteiger partial charge in [-0.3, -0.25) is 14.3 Å². The number of aryl methyl sites for hydroxylation is 2. The average molecular weight is 594 g/mol. The number of thiophene rings is 1. The van der Waals surface area contributed by atoms with Gasteiger partial charge in [0, 0.05) is 24.2 Å². The second kappa shape index (κ2) is 11.0. The molecule has 1 aromatic carbocycles. The fourth-order valence-electron chi connectivity index (χ4n) is 4.56. The second-order valence-electron chi connectivity index (χ2n) is 10.8. The Labute approximate surface area is 244 Å². The van der Waals surface area contributed by atoms with E-state index in [1.54, 1.807) is 30.9 Å². The monoisotopic (exact) mass is 593 g/mol. The SMILES string of the molecule is Cc1nn(C)cc1-c1cc(C(F)F)nc2sc(C(N)=O)c(NC(=O)c3ccc(COc4ccc(C(C)(C)C)cc4)o3)c12. The molecule has 4 aromatic heterocycles. The molecule has 0 aliphatic carbocycles. The van der Waals surface area contributed by atoms with E-state index in [1.165, 1.54) is 17.7 Å². The maximum Gasteiger partial charge on any atom is 0.291 e. The minimum Gasteiger partial charge on any atom is -0.486 e. The van der Waals surface area contributed by atoms with Gasteiger partial charge in [0.2, 0.25) is 0 Å². The molecule has 0 aliphatic rings. The standard InChI is InChI=1S/C30H29F2N5O4S/c1-15-20(13-37(5)36-15)19-12-21(26(31)32)34-29-23(19)24(25(42-29)27(33)38)35-28(39)22-11-10-18(41-22)14-40-17-8-6-16(7-9-17)30(2,3)4/h6-13,26H,14H2,1-5H3,(H2,33,38)(H,35,39). The van der Waals surface area contributed by atoms with Crippen molar-refractivity contribution in [3.8, 4) is 16.9 Å². The third kappa shape index (κ3) is 5.75. The highest BCUT2D eigenvalue weighted by molar-refractivity contribution is 7.21. The first-order valence-corrected chi connectivity index (χ1v) is 13.8. The van der Waals surface area contributed by atoms with Crippen LogP contribution in [0.5, 0.6) is 5.75 Å². The Morgan fingerprint density at radius 1 is 1.14 bits per heavy atom. The average Bonchev–Trinajstić information content (AvgIpc) is 3.63. The molecule has 0 atom stereocenters. The molecule has 0 unspecified atom stereocenters. The highest BCUT2D eigenvalue weighted by Crippen LogP contribution is 2.43. The van der Waals surface area contributed by atoms with Crippen molar-refractivity contribution in [1.82, 2.24) is 14.8 Å². The molecule has 218 valence electrons. The molecule has 0 spiro atoms. The van der Waals surface area contributed by atoms with Crippen molar-refractivity contribution >= 4 is 39.1 Å². The normalized spacial score (nSPS) is 11.8. The lowest BCUT2D eigenvalue weighted by molar-refractivity contribution is 0.0992. The van der Waals surface area contributed by atoms with Crippen LogP contribution >= 0.6 is 11.3 Å². The van der Waals surface area contributed by atoms with Gasteiger partial charge >= 0.3 is 0 Å². The number of fused-ring (bicyclic) bond motifs is 1. The lowest BCUT2D eigenvalue weighted by Gasteiger charge is -2.19. The highest BCUT2D eigenvalue weighted by atomic mass is 32.1. The Morgan fingerprint density at radius 3 is 2.45 bits per heavy atom. The maximum absolute atomic E-state index is 13.8. The summed E-state index contributed by atoms with van der Waals surface area (Å²) in [4.78, 5) is 29.8. The number of halogens is 2. The molecule has 3 N–H and O–H groups in total. The quantitative estimate of drug-likeness (QED) is 0.205. The van der Waals surface area contributed by atoms with Crippen LogP contribution in [0.4, 0.5) is 14.5 Å². The van der Waals surface area contributed by atoms with Crippen LogP contribution in [0.25, 0.3) is 21.3 Å². The van der Waals surface area contributed by atoms with Gasteiger partial charge in [-0.2, -0.15) is 5.10 Å². The van der Waals surface area contributed by atoms with E-state index in [0.717, 1.165) is 11.3 Å². The molecule has 9 nitrogen and oxygen atoms in total. The molecular weight excluding hydrogens is 564 g/mol. The number of alkyl halides is 2. The summed E-state index contributed by atoms with van der Waals surface area (Å²) in [7, 11) is 1.70. The maximum atomic E-state index is 13.8. The van der Waals surface area contributed by atoms with Gasteiger partial charge in [0.25, 0.3) is 18.2 Å². The van der Waals surface area contributed by atoms with E-state index in [9.17, 15) is 18.4 Å². The van der Waals surface area contributed by atoms with E-state index < -0.39 is 23.9 Å². The fraction of sp³-hybridized carbons (Fsp3) is 0.267. The van der Waals surface area contributed by atoms with Gasteiger partial charge in [-0.15, -0.1) is 11.3 Å².